The first kappa shape index (κ1) is 13.7. The summed E-state index contributed by atoms with van der Waals surface area (Å²) in [7, 11) is 0. The number of rotatable bonds is 3. The summed E-state index contributed by atoms with van der Waals surface area (Å²) in [5, 5.41) is 7.56. The van der Waals surface area contributed by atoms with Gasteiger partial charge in [-0.15, -0.1) is 0 Å². The maximum atomic E-state index is 11.9. The minimum absolute atomic E-state index is 0.0722. The third-order valence-electron chi connectivity index (χ3n) is 4.20. The van der Waals surface area contributed by atoms with E-state index in [2.05, 4.69) is 27.3 Å². The molecule has 1 aromatic carbocycles. The molecule has 2 unspecified atom stereocenters. The maximum absolute atomic E-state index is 11.9. The molecule has 2 heterocycles. The van der Waals surface area contributed by atoms with Crippen molar-refractivity contribution >= 4 is 22.6 Å². The number of carbonyl (C=O) groups is 1. The zero-order chi connectivity index (χ0) is 16.0. The Morgan fingerprint density at radius 3 is 2.78 bits per heavy atom. The number of aromatic amines is 1. The van der Waals surface area contributed by atoms with Gasteiger partial charge in [0.05, 0.1) is 18.2 Å². The minimum Gasteiger partial charge on any atom is -0.326 e. The molecule has 0 aliphatic heterocycles. The first-order valence-corrected chi connectivity index (χ1v) is 7.46. The molecule has 7 heteroatoms. The van der Waals surface area contributed by atoms with Crippen molar-refractivity contribution in [2.45, 2.75) is 13.3 Å². The summed E-state index contributed by atoms with van der Waals surface area (Å²) in [5.74, 6) is 0.692. The van der Waals surface area contributed by atoms with Gasteiger partial charge in [0.1, 0.15) is 5.39 Å². The zero-order valence-corrected chi connectivity index (χ0v) is 12.5. The van der Waals surface area contributed by atoms with Gasteiger partial charge in [0.15, 0.2) is 5.65 Å². The number of nitrogens with one attached hydrogen (secondary N) is 2. The van der Waals surface area contributed by atoms with Crippen LogP contribution in [-0.4, -0.2) is 25.7 Å². The van der Waals surface area contributed by atoms with Gasteiger partial charge in [-0.25, -0.2) is 9.67 Å². The molecule has 1 saturated carbocycles. The van der Waals surface area contributed by atoms with Crippen molar-refractivity contribution in [3.8, 4) is 5.69 Å². The van der Waals surface area contributed by atoms with Crippen LogP contribution in [0, 0.1) is 11.8 Å². The third-order valence-corrected chi connectivity index (χ3v) is 4.20. The minimum atomic E-state index is -0.219. The second-order valence-corrected chi connectivity index (χ2v) is 5.88. The highest BCUT2D eigenvalue weighted by atomic mass is 16.2. The fourth-order valence-corrected chi connectivity index (χ4v) is 2.65. The quantitative estimate of drug-likeness (QED) is 0.770. The molecule has 7 nitrogen and oxygen atoms in total. The molecule has 116 valence electrons. The Bertz CT molecular complexity index is 941. The number of benzene rings is 1. The van der Waals surface area contributed by atoms with E-state index < -0.39 is 0 Å². The lowest BCUT2D eigenvalue weighted by Gasteiger charge is -2.07. The molecule has 1 fully saturated rings. The number of H-pyrrole nitrogens is 1. The van der Waals surface area contributed by atoms with Crippen molar-refractivity contribution in [3.05, 3.63) is 47.1 Å². The Morgan fingerprint density at radius 2 is 2.09 bits per heavy atom. The molecule has 0 spiro atoms. The van der Waals surface area contributed by atoms with Gasteiger partial charge in [-0.3, -0.25) is 9.59 Å². The molecule has 4 rings (SSSR count). The van der Waals surface area contributed by atoms with E-state index in [1.807, 2.05) is 24.3 Å². The third kappa shape index (κ3) is 2.40. The van der Waals surface area contributed by atoms with Gasteiger partial charge in [0.2, 0.25) is 5.91 Å². The van der Waals surface area contributed by atoms with Crippen LogP contribution in [0.4, 0.5) is 5.69 Å². The van der Waals surface area contributed by atoms with Gasteiger partial charge >= 0.3 is 0 Å². The summed E-state index contributed by atoms with van der Waals surface area (Å²) < 4.78 is 1.60. The molecule has 23 heavy (non-hydrogen) atoms. The van der Waals surface area contributed by atoms with Crippen molar-refractivity contribution in [2.75, 3.05) is 5.32 Å². The molecule has 1 aliphatic carbocycles. The first-order chi connectivity index (χ1) is 11.1. The van der Waals surface area contributed by atoms with Gasteiger partial charge in [-0.1, -0.05) is 6.92 Å². The lowest BCUT2D eigenvalue weighted by atomic mass is 10.2. The Balaban J connectivity index is 1.61. The highest BCUT2D eigenvalue weighted by Gasteiger charge is 2.39. The van der Waals surface area contributed by atoms with Crippen LogP contribution in [0.15, 0.2) is 41.6 Å². The Morgan fingerprint density at radius 1 is 1.35 bits per heavy atom. The van der Waals surface area contributed by atoms with Gasteiger partial charge in [-0.05, 0) is 36.6 Å². The number of aromatic nitrogens is 4. The van der Waals surface area contributed by atoms with Gasteiger partial charge in [0, 0.05) is 11.6 Å². The summed E-state index contributed by atoms with van der Waals surface area (Å²) in [5.41, 5.74) is 1.80. The monoisotopic (exact) mass is 309 g/mol. The molecular weight excluding hydrogens is 294 g/mol. The lowest BCUT2D eigenvalue weighted by Crippen LogP contribution is -2.14. The normalized spacial score (nSPS) is 19.7. The molecule has 0 bridgehead atoms. The van der Waals surface area contributed by atoms with E-state index in [0.717, 1.165) is 17.8 Å². The van der Waals surface area contributed by atoms with E-state index in [1.54, 1.807) is 4.68 Å². The SMILES string of the molecule is CC1CC1C(=O)Nc1ccc(-n2ncc3c(=O)[nH]cnc32)cc1. The van der Waals surface area contributed by atoms with Gasteiger partial charge < -0.3 is 10.3 Å². The number of carbonyl (C=O) groups excluding carboxylic acids is 1. The predicted molar refractivity (Wildman–Crippen MR) is 85.4 cm³/mol. The van der Waals surface area contributed by atoms with E-state index >= 15 is 0 Å². The first-order valence-electron chi connectivity index (χ1n) is 7.46. The van der Waals surface area contributed by atoms with E-state index in [1.165, 1.54) is 12.5 Å². The molecule has 0 saturated heterocycles. The van der Waals surface area contributed by atoms with E-state index in [9.17, 15) is 9.59 Å². The standard InChI is InChI=1S/C16H15N5O2/c1-9-6-12(9)16(23)20-10-2-4-11(5-3-10)21-14-13(7-19-21)15(22)18-8-17-14/h2-5,7-9,12H,6H2,1H3,(H,20,23)(H,17,18,22). The summed E-state index contributed by atoms with van der Waals surface area (Å²) in [6, 6.07) is 7.31. The van der Waals surface area contributed by atoms with E-state index in [0.29, 0.717) is 17.0 Å². The Hall–Kier alpha value is -2.96. The highest BCUT2D eigenvalue weighted by Crippen LogP contribution is 2.38. The number of nitrogens with zero attached hydrogens (tertiary/aromatic N) is 3. The predicted octanol–water partition coefficient (Wildman–Crippen LogP) is 1.70. The van der Waals surface area contributed by atoms with Crippen molar-refractivity contribution in [1.29, 1.82) is 0 Å². The maximum Gasteiger partial charge on any atom is 0.261 e. The largest absolute Gasteiger partial charge is 0.326 e. The van der Waals surface area contributed by atoms with Crippen LogP contribution in [-0.2, 0) is 4.79 Å². The van der Waals surface area contributed by atoms with Gasteiger partial charge in [-0.2, -0.15) is 5.10 Å². The van der Waals surface area contributed by atoms with Crippen LogP contribution in [0.2, 0.25) is 0 Å². The lowest BCUT2D eigenvalue weighted by molar-refractivity contribution is -0.117. The van der Waals surface area contributed by atoms with Crippen LogP contribution in [0.3, 0.4) is 0 Å². The van der Waals surface area contributed by atoms with Crippen LogP contribution >= 0.6 is 0 Å². The van der Waals surface area contributed by atoms with Crippen molar-refractivity contribution in [3.63, 3.8) is 0 Å². The Labute approximate surface area is 131 Å². The van der Waals surface area contributed by atoms with Crippen LogP contribution in [0.1, 0.15) is 13.3 Å². The number of hydrogen-bond acceptors (Lipinski definition) is 4. The molecule has 0 radical (unpaired) electrons. The smallest absolute Gasteiger partial charge is 0.261 e. The van der Waals surface area contributed by atoms with Crippen LogP contribution < -0.4 is 10.9 Å². The molecule has 2 N–H and O–H groups in total. The summed E-state index contributed by atoms with van der Waals surface area (Å²) in [6.45, 7) is 2.07. The van der Waals surface area contributed by atoms with Crippen molar-refractivity contribution in [1.82, 2.24) is 19.7 Å². The number of amides is 1. The molecular formula is C16H15N5O2. The second-order valence-electron chi connectivity index (χ2n) is 5.88. The second kappa shape index (κ2) is 5.05. The molecule has 2 aromatic heterocycles. The van der Waals surface area contributed by atoms with E-state index in [-0.39, 0.29) is 17.4 Å². The average Bonchev–Trinajstić information content (AvgIpc) is 3.12. The van der Waals surface area contributed by atoms with Crippen molar-refractivity contribution < 1.29 is 4.79 Å². The van der Waals surface area contributed by atoms with Crippen LogP contribution in [0.25, 0.3) is 16.7 Å². The zero-order valence-electron chi connectivity index (χ0n) is 12.5. The average molecular weight is 309 g/mol. The Kier molecular flexibility index (Phi) is 3.00. The summed E-state index contributed by atoms with van der Waals surface area (Å²) in [4.78, 5) is 30.3. The number of hydrogen-bond donors (Lipinski definition) is 2. The van der Waals surface area contributed by atoms with Crippen molar-refractivity contribution in [2.24, 2.45) is 11.8 Å². The number of fused-ring (bicyclic) bond motifs is 1. The molecule has 2 atom stereocenters. The molecule has 1 aliphatic rings. The fourth-order valence-electron chi connectivity index (χ4n) is 2.65. The van der Waals surface area contributed by atoms with Crippen LogP contribution in [0.5, 0.6) is 0 Å². The summed E-state index contributed by atoms with van der Waals surface area (Å²) in [6.07, 6.45) is 3.81. The number of anilines is 1. The van der Waals surface area contributed by atoms with E-state index in [4.69, 9.17) is 0 Å². The highest BCUT2D eigenvalue weighted by molar-refractivity contribution is 5.94. The summed E-state index contributed by atoms with van der Waals surface area (Å²) >= 11 is 0. The topological polar surface area (TPSA) is 92.7 Å². The molecule has 1 amide bonds. The van der Waals surface area contributed by atoms with Gasteiger partial charge in [0.25, 0.3) is 5.56 Å². The fraction of sp³-hybridized carbons (Fsp3) is 0.250. The molecule has 3 aromatic rings.